The zero-order valence-electron chi connectivity index (χ0n) is 5.15. The maximum Gasteiger partial charge on any atom is 0.116 e. The molecule has 0 aliphatic heterocycles. The van der Waals surface area contributed by atoms with Crippen molar-refractivity contribution in [2.75, 3.05) is 0 Å². The molecule has 2 aromatic heterocycles. The smallest absolute Gasteiger partial charge is 0.116 e. The van der Waals surface area contributed by atoms with Gasteiger partial charge in [0.1, 0.15) is 11.8 Å². The minimum Gasteiger partial charge on any atom is -0.252 e. The summed E-state index contributed by atoms with van der Waals surface area (Å²) in [6.07, 6.45) is 4.78. The van der Waals surface area contributed by atoms with Gasteiger partial charge in [0.25, 0.3) is 0 Å². The van der Waals surface area contributed by atoms with Crippen LogP contribution in [0.15, 0.2) is 24.8 Å². The predicted molar refractivity (Wildman–Crippen MR) is 36.2 cm³/mol. The monoisotopic (exact) mass is 130 g/mol. The Balaban J connectivity index is 2.89. The van der Waals surface area contributed by atoms with E-state index in [9.17, 15) is 0 Å². The Bertz CT molecular complexity index is 280. The van der Waals surface area contributed by atoms with Crippen LogP contribution in [0.2, 0.25) is 0 Å². The molecule has 0 N–H and O–H groups in total. The minimum absolute atomic E-state index is 0.807. The Morgan fingerprint density at radius 2 is 2.20 bits per heavy atom. The zero-order valence-corrected chi connectivity index (χ0v) is 5.15. The fraction of sp³-hybridized carbons (Fsp3) is 0. The van der Waals surface area contributed by atoms with Gasteiger partial charge in [-0.25, -0.2) is 9.97 Å². The van der Waals surface area contributed by atoms with Crippen LogP contribution in [-0.4, -0.2) is 15.0 Å². The maximum absolute atomic E-state index is 4.00. The van der Waals surface area contributed by atoms with Crippen LogP contribution in [-0.2, 0) is 0 Å². The van der Waals surface area contributed by atoms with Crippen molar-refractivity contribution >= 4 is 11.0 Å². The van der Waals surface area contributed by atoms with E-state index in [1.807, 2.05) is 0 Å². The van der Waals surface area contributed by atoms with E-state index in [2.05, 4.69) is 21.0 Å². The van der Waals surface area contributed by atoms with Crippen molar-refractivity contribution < 1.29 is 0 Å². The largest absolute Gasteiger partial charge is 0.252 e. The van der Waals surface area contributed by atoms with E-state index in [-0.39, 0.29) is 0 Å². The highest BCUT2D eigenvalue weighted by molar-refractivity contribution is 5.71. The Morgan fingerprint density at radius 1 is 1.20 bits per heavy atom. The summed E-state index contributed by atoms with van der Waals surface area (Å²) in [5, 5.41) is 0. The minimum atomic E-state index is 0.807. The number of aromatic nitrogens is 3. The number of fused-ring (bicyclic) bond motifs is 1. The van der Waals surface area contributed by atoms with Crippen molar-refractivity contribution in [1.29, 1.82) is 0 Å². The molecule has 0 atom stereocenters. The predicted octanol–water partition coefficient (Wildman–Crippen LogP) is 0.825. The maximum atomic E-state index is 4.00. The molecule has 2 rings (SSSR count). The lowest BCUT2D eigenvalue weighted by Gasteiger charge is -1.89. The number of hydrogen-bond donors (Lipinski definition) is 0. The van der Waals surface area contributed by atoms with E-state index in [0.29, 0.717) is 0 Å². The quantitative estimate of drug-likeness (QED) is 0.530. The highest BCUT2D eigenvalue weighted by atomic mass is 14.8. The molecule has 3 nitrogen and oxygen atoms in total. The van der Waals surface area contributed by atoms with E-state index in [1.165, 1.54) is 6.33 Å². The first-order valence-electron chi connectivity index (χ1n) is 2.88. The van der Waals surface area contributed by atoms with E-state index < -0.39 is 0 Å². The highest BCUT2D eigenvalue weighted by Gasteiger charge is 1.89. The summed E-state index contributed by atoms with van der Waals surface area (Å²) in [5.41, 5.74) is 1.64. The van der Waals surface area contributed by atoms with Crippen molar-refractivity contribution in [3.63, 3.8) is 0 Å². The molecule has 0 amide bonds. The number of hydrogen-bond acceptors (Lipinski definition) is 3. The third-order valence-electron chi connectivity index (χ3n) is 1.22. The van der Waals surface area contributed by atoms with E-state index in [1.54, 1.807) is 18.5 Å². The second-order valence-electron chi connectivity index (χ2n) is 1.86. The van der Waals surface area contributed by atoms with Crippen LogP contribution < -0.4 is 0 Å². The lowest BCUT2D eigenvalue weighted by molar-refractivity contribution is 1.20. The fourth-order valence-electron chi connectivity index (χ4n) is 0.765. The number of nitrogens with zero attached hydrogens (tertiary/aromatic N) is 3. The van der Waals surface area contributed by atoms with Crippen LogP contribution in [0.1, 0.15) is 0 Å². The summed E-state index contributed by atoms with van der Waals surface area (Å²) in [7, 11) is 0. The Labute approximate surface area is 57.8 Å². The summed E-state index contributed by atoms with van der Waals surface area (Å²) in [4.78, 5) is 11.8. The van der Waals surface area contributed by atoms with Gasteiger partial charge >= 0.3 is 0 Å². The van der Waals surface area contributed by atoms with E-state index in [0.717, 1.165) is 11.0 Å². The first-order chi connectivity index (χ1) is 4.97. The van der Waals surface area contributed by atoms with Gasteiger partial charge in [-0.3, -0.25) is 4.98 Å². The number of rotatable bonds is 0. The average Bonchev–Trinajstić information content (AvgIpc) is 2.05. The van der Waals surface area contributed by atoms with Gasteiger partial charge in [0.2, 0.25) is 0 Å². The van der Waals surface area contributed by atoms with Gasteiger partial charge in [0.05, 0.1) is 11.7 Å². The highest BCUT2D eigenvalue weighted by Crippen LogP contribution is 2.01. The van der Waals surface area contributed by atoms with Gasteiger partial charge < -0.3 is 0 Å². The van der Waals surface area contributed by atoms with Crippen LogP contribution in [0.5, 0.6) is 0 Å². The van der Waals surface area contributed by atoms with Crippen molar-refractivity contribution in [2.24, 2.45) is 0 Å². The molecule has 0 unspecified atom stereocenters. The standard InChI is InChI=1S/C7H4N3/c1-2-6-7(9-3-1)4-8-5-10-6/h2-5H. The molecule has 0 fully saturated rings. The topological polar surface area (TPSA) is 38.7 Å². The van der Waals surface area contributed by atoms with Gasteiger partial charge in [-0.05, 0) is 6.07 Å². The summed E-state index contributed by atoms with van der Waals surface area (Å²) in [6.45, 7) is 0. The van der Waals surface area contributed by atoms with Crippen LogP contribution in [0.3, 0.4) is 0 Å². The Morgan fingerprint density at radius 3 is 3.10 bits per heavy atom. The third kappa shape index (κ3) is 0.719. The molecular formula is C7H4N3. The Kier molecular flexibility index (Phi) is 1.07. The molecule has 2 aromatic rings. The summed E-state index contributed by atoms with van der Waals surface area (Å²) in [5.74, 6) is 0. The molecule has 0 bridgehead atoms. The van der Waals surface area contributed by atoms with Crippen molar-refractivity contribution in [2.45, 2.75) is 0 Å². The molecule has 47 valence electrons. The lowest BCUT2D eigenvalue weighted by Crippen LogP contribution is -1.81. The zero-order chi connectivity index (χ0) is 6.81. The van der Waals surface area contributed by atoms with Crippen LogP contribution >= 0.6 is 0 Å². The molecule has 1 radical (unpaired) electrons. The molecular weight excluding hydrogens is 126 g/mol. The average molecular weight is 130 g/mol. The van der Waals surface area contributed by atoms with Crippen LogP contribution in [0, 0.1) is 6.07 Å². The van der Waals surface area contributed by atoms with Gasteiger partial charge in [-0.15, -0.1) is 0 Å². The molecule has 0 aromatic carbocycles. The molecule has 0 saturated heterocycles. The van der Waals surface area contributed by atoms with Gasteiger partial charge in [0, 0.05) is 12.3 Å². The van der Waals surface area contributed by atoms with Gasteiger partial charge in [0.15, 0.2) is 0 Å². The molecule has 2 heterocycles. The molecule has 0 aliphatic rings. The first-order valence-corrected chi connectivity index (χ1v) is 2.88. The first kappa shape index (κ1) is 5.29. The fourth-order valence-corrected chi connectivity index (χ4v) is 0.765. The van der Waals surface area contributed by atoms with E-state index in [4.69, 9.17) is 0 Å². The van der Waals surface area contributed by atoms with Crippen LogP contribution in [0.4, 0.5) is 0 Å². The molecule has 0 spiro atoms. The lowest BCUT2D eigenvalue weighted by atomic mass is 10.4. The molecule has 0 aliphatic carbocycles. The van der Waals surface area contributed by atoms with Crippen molar-refractivity contribution in [3.8, 4) is 0 Å². The summed E-state index contributed by atoms with van der Waals surface area (Å²) < 4.78 is 0. The summed E-state index contributed by atoms with van der Waals surface area (Å²) in [6, 6.07) is 4.62. The molecule has 0 saturated carbocycles. The normalized spacial score (nSPS) is 10.0. The second-order valence-corrected chi connectivity index (χ2v) is 1.86. The van der Waals surface area contributed by atoms with Crippen molar-refractivity contribution in [3.05, 3.63) is 30.9 Å². The molecule has 3 heteroatoms. The summed E-state index contributed by atoms with van der Waals surface area (Å²) >= 11 is 0. The van der Waals surface area contributed by atoms with Crippen LogP contribution in [0.25, 0.3) is 11.0 Å². The number of pyridine rings is 1. The van der Waals surface area contributed by atoms with E-state index >= 15 is 0 Å². The molecule has 10 heavy (non-hydrogen) atoms. The van der Waals surface area contributed by atoms with Gasteiger partial charge in [-0.1, -0.05) is 0 Å². The SMILES string of the molecule is [c]1cnc2cncnc2c1. The van der Waals surface area contributed by atoms with Gasteiger partial charge in [-0.2, -0.15) is 0 Å². The second kappa shape index (κ2) is 2.02. The third-order valence-corrected chi connectivity index (χ3v) is 1.22. The Hall–Kier alpha value is -1.51. The van der Waals surface area contributed by atoms with Crippen molar-refractivity contribution in [1.82, 2.24) is 15.0 Å².